The normalized spacial score (nSPS) is 21.6. The predicted molar refractivity (Wildman–Crippen MR) is 71.6 cm³/mol. The van der Waals surface area contributed by atoms with Crippen molar-refractivity contribution in [3.63, 3.8) is 0 Å². The Morgan fingerprint density at radius 1 is 1.65 bits per heavy atom. The lowest BCUT2D eigenvalue weighted by atomic mass is 10.1. The number of nitrogens with one attached hydrogen (secondary N) is 1. The molecule has 2 heterocycles. The molecule has 0 radical (unpaired) electrons. The minimum atomic E-state index is 0.407. The Kier molecular flexibility index (Phi) is 4.76. The van der Waals surface area contributed by atoms with Gasteiger partial charge in [-0.15, -0.1) is 11.3 Å². The van der Waals surface area contributed by atoms with Crippen LogP contribution in [0.3, 0.4) is 0 Å². The summed E-state index contributed by atoms with van der Waals surface area (Å²) in [5.74, 6) is 0. The first kappa shape index (κ1) is 12.8. The van der Waals surface area contributed by atoms with Gasteiger partial charge < -0.3 is 10.1 Å². The molecule has 0 bridgehead atoms. The molecular formula is C12H21N3OS. The number of anilines is 1. The highest BCUT2D eigenvalue weighted by atomic mass is 32.1. The van der Waals surface area contributed by atoms with Crippen molar-refractivity contribution in [3.05, 3.63) is 11.1 Å². The molecule has 0 spiro atoms. The van der Waals surface area contributed by atoms with Gasteiger partial charge in [0.15, 0.2) is 5.13 Å². The summed E-state index contributed by atoms with van der Waals surface area (Å²) in [6.45, 7) is 6.25. The summed E-state index contributed by atoms with van der Waals surface area (Å²) in [5.41, 5.74) is 0. The number of likely N-dealkylation sites (tertiary alicyclic amines) is 1. The van der Waals surface area contributed by atoms with Gasteiger partial charge in [0.2, 0.25) is 0 Å². The van der Waals surface area contributed by atoms with Gasteiger partial charge in [-0.1, -0.05) is 0 Å². The maximum absolute atomic E-state index is 5.44. The maximum atomic E-state index is 5.44. The molecule has 1 N–H and O–H groups in total. The summed E-state index contributed by atoms with van der Waals surface area (Å²) >= 11 is 1.76. The number of nitrogens with zero attached hydrogens (tertiary/aromatic N) is 2. The second-order valence-corrected chi connectivity index (χ2v) is 5.51. The Labute approximate surface area is 107 Å². The first-order chi connectivity index (χ1) is 8.31. The molecule has 17 heavy (non-hydrogen) atoms. The van der Waals surface area contributed by atoms with Crippen molar-refractivity contribution in [1.29, 1.82) is 0 Å². The number of ether oxygens (including phenoxy) is 1. The van der Waals surface area contributed by atoms with Crippen LogP contribution in [-0.4, -0.2) is 42.7 Å². The van der Waals surface area contributed by atoms with Crippen molar-refractivity contribution >= 4 is 16.5 Å². The Morgan fingerprint density at radius 2 is 2.53 bits per heavy atom. The third kappa shape index (κ3) is 3.66. The molecule has 5 heteroatoms. The van der Waals surface area contributed by atoms with Gasteiger partial charge >= 0.3 is 0 Å². The van der Waals surface area contributed by atoms with Crippen LogP contribution in [0.2, 0.25) is 0 Å². The molecule has 0 saturated carbocycles. The lowest BCUT2D eigenvalue weighted by Gasteiger charge is -2.31. The minimum absolute atomic E-state index is 0.407. The van der Waals surface area contributed by atoms with Gasteiger partial charge in [0.25, 0.3) is 0 Å². The largest absolute Gasteiger partial charge is 0.380 e. The molecule has 96 valence electrons. The van der Waals surface area contributed by atoms with E-state index in [1.165, 1.54) is 24.3 Å². The second kappa shape index (κ2) is 6.33. The van der Waals surface area contributed by atoms with Crippen LogP contribution in [0.25, 0.3) is 0 Å². The van der Waals surface area contributed by atoms with Crippen molar-refractivity contribution in [3.8, 4) is 0 Å². The van der Waals surface area contributed by atoms with Crippen LogP contribution in [0.1, 0.15) is 24.6 Å². The van der Waals surface area contributed by atoms with E-state index >= 15 is 0 Å². The number of rotatable bonds is 5. The summed E-state index contributed by atoms with van der Waals surface area (Å²) in [5, 5.41) is 4.28. The number of hydrogen-bond donors (Lipinski definition) is 1. The van der Waals surface area contributed by atoms with E-state index in [1.807, 2.05) is 13.3 Å². The van der Waals surface area contributed by atoms with E-state index in [9.17, 15) is 0 Å². The highest BCUT2D eigenvalue weighted by Gasteiger charge is 2.19. The third-order valence-corrected chi connectivity index (χ3v) is 4.00. The van der Waals surface area contributed by atoms with E-state index in [1.54, 1.807) is 11.3 Å². The topological polar surface area (TPSA) is 37.4 Å². The Bertz CT molecular complexity index is 342. The molecule has 1 atom stereocenters. The van der Waals surface area contributed by atoms with Crippen molar-refractivity contribution in [2.75, 3.05) is 32.1 Å². The predicted octanol–water partition coefficient (Wildman–Crippen LogP) is 2.19. The SMILES string of the molecule is CCNc1ncc(CN2CCCC(OC)C2)s1. The number of aromatic nitrogens is 1. The van der Waals surface area contributed by atoms with Gasteiger partial charge in [-0.2, -0.15) is 0 Å². The molecule has 1 aliphatic rings. The van der Waals surface area contributed by atoms with Gasteiger partial charge in [0, 0.05) is 37.8 Å². The molecule has 0 aliphatic carbocycles. The smallest absolute Gasteiger partial charge is 0.182 e. The highest BCUT2D eigenvalue weighted by Crippen LogP contribution is 2.21. The Hall–Kier alpha value is -0.650. The fourth-order valence-electron chi connectivity index (χ4n) is 2.18. The first-order valence-corrected chi connectivity index (χ1v) is 7.07. The summed E-state index contributed by atoms with van der Waals surface area (Å²) in [6.07, 6.45) is 4.82. The summed E-state index contributed by atoms with van der Waals surface area (Å²) < 4.78 is 5.44. The zero-order chi connectivity index (χ0) is 12.1. The molecule has 1 saturated heterocycles. The van der Waals surface area contributed by atoms with Crippen molar-refractivity contribution < 1.29 is 4.74 Å². The van der Waals surface area contributed by atoms with E-state index < -0.39 is 0 Å². The van der Waals surface area contributed by atoms with Crippen LogP contribution in [-0.2, 0) is 11.3 Å². The zero-order valence-electron chi connectivity index (χ0n) is 10.6. The molecule has 1 fully saturated rings. The van der Waals surface area contributed by atoms with E-state index in [2.05, 4.69) is 22.1 Å². The Balaban J connectivity index is 1.86. The molecule has 2 rings (SSSR count). The van der Waals surface area contributed by atoms with Crippen LogP contribution in [0.15, 0.2) is 6.20 Å². The average molecular weight is 255 g/mol. The molecule has 1 aromatic heterocycles. The summed E-state index contributed by atoms with van der Waals surface area (Å²) in [6, 6.07) is 0. The molecule has 1 aromatic rings. The summed E-state index contributed by atoms with van der Waals surface area (Å²) in [7, 11) is 1.81. The quantitative estimate of drug-likeness (QED) is 0.875. The van der Waals surface area contributed by atoms with Crippen molar-refractivity contribution in [1.82, 2.24) is 9.88 Å². The van der Waals surface area contributed by atoms with Crippen LogP contribution in [0, 0.1) is 0 Å². The van der Waals surface area contributed by atoms with Gasteiger partial charge in [0.05, 0.1) is 6.10 Å². The first-order valence-electron chi connectivity index (χ1n) is 6.25. The number of thiazole rings is 1. The minimum Gasteiger partial charge on any atom is -0.380 e. The van der Waals surface area contributed by atoms with Crippen molar-refractivity contribution in [2.45, 2.75) is 32.4 Å². The molecular weight excluding hydrogens is 234 g/mol. The standard InChI is InChI=1S/C12H21N3OS/c1-3-13-12-14-7-11(17-12)9-15-6-4-5-10(8-15)16-2/h7,10H,3-6,8-9H2,1-2H3,(H,13,14). The van der Waals surface area contributed by atoms with Crippen LogP contribution in [0.5, 0.6) is 0 Å². The van der Waals surface area contributed by atoms with Crippen molar-refractivity contribution in [2.24, 2.45) is 0 Å². The average Bonchev–Trinajstić information content (AvgIpc) is 2.77. The second-order valence-electron chi connectivity index (χ2n) is 4.40. The van der Waals surface area contributed by atoms with E-state index in [4.69, 9.17) is 4.74 Å². The molecule has 0 aromatic carbocycles. The zero-order valence-corrected chi connectivity index (χ0v) is 11.4. The molecule has 0 amide bonds. The number of hydrogen-bond acceptors (Lipinski definition) is 5. The third-order valence-electron chi connectivity index (χ3n) is 3.06. The lowest BCUT2D eigenvalue weighted by molar-refractivity contribution is 0.0289. The van der Waals surface area contributed by atoms with E-state index in [0.29, 0.717) is 6.10 Å². The Morgan fingerprint density at radius 3 is 3.29 bits per heavy atom. The fourth-order valence-corrected chi connectivity index (χ4v) is 3.11. The summed E-state index contributed by atoms with van der Waals surface area (Å²) in [4.78, 5) is 8.15. The van der Waals surface area contributed by atoms with Gasteiger partial charge in [-0.05, 0) is 26.3 Å². The lowest BCUT2D eigenvalue weighted by Crippen LogP contribution is -2.38. The molecule has 4 nitrogen and oxygen atoms in total. The van der Waals surface area contributed by atoms with Crippen LogP contribution in [0.4, 0.5) is 5.13 Å². The van der Waals surface area contributed by atoms with Crippen LogP contribution < -0.4 is 5.32 Å². The number of piperidine rings is 1. The monoisotopic (exact) mass is 255 g/mol. The van der Waals surface area contributed by atoms with E-state index in [-0.39, 0.29) is 0 Å². The van der Waals surface area contributed by atoms with Gasteiger partial charge in [0.1, 0.15) is 0 Å². The number of methoxy groups -OCH3 is 1. The van der Waals surface area contributed by atoms with Gasteiger partial charge in [-0.25, -0.2) is 4.98 Å². The molecule has 1 unspecified atom stereocenters. The van der Waals surface area contributed by atoms with Crippen LogP contribution >= 0.6 is 11.3 Å². The van der Waals surface area contributed by atoms with Gasteiger partial charge in [-0.3, -0.25) is 4.90 Å². The van der Waals surface area contributed by atoms with E-state index in [0.717, 1.165) is 24.8 Å². The fraction of sp³-hybridized carbons (Fsp3) is 0.750. The maximum Gasteiger partial charge on any atom is 0.182 e. The molecule has 1 aliphatic heterocycles. The highest BCUT2D eigenvalue weighted by molar-refractivity contribution is 7.15.